The van der Waals surface area contributed by atoms with Gasteiger partial charge in [0.25, 0.3) is 0 Å². The minimum atomic E-state index is 0.156. The fourth-order valence-electron chi connectivity index (χ4n) is 2.13. The monoisotopic (exact) mass is 381 g/mol. The second kappa shape index (κ2) is 6.66. The van der Waals surface area contributed by atoms with Crippen LogP contribution in [0.15, 0.2) is 14.3 Å². The Morgan fingerprint density at radius 3 is 2.94 bits per heavy atom. The van der Waals surface area contributed by atoms with Crippen LogP contribution >= 0.6 is 43.2 Å². The van der Waals surface area contributed by atoms with Crippen molar-refractivity contribution in [2.75, 3.05) is 6.61 Å². The molecule has 1 aliphatic heterocycles. The molecule has 96 valence electrons. The average Bonchev–Trinajstić information content (AvgIpc) is 2.90. The van der Waals surface area contributed by atoms with Crippen molar-refractivity contribution in [3.05, 3.63) is 19.2 Å². The molecular formula is C12H17Br2NOS. The maximum atomic E-state index is 6.19. The van der Waals surface area contributed by atoms with Gasteiger partial charge in [0.2, 0.25) is 0 Å². The van der Waals surface area contributed by atoms with Gasteiger partial charge >= 0.3 is 0 Å². The van der Waals surface area contributed by atoms with E-state index in [1.54, 1.807) is 11.3 Å². The molecular weight excluding hydrogens is 366 g/mol. The largest absolute Gasteiger partial charge is 0.378 e. The number of hydrogen-bond acceptors (Lipinski definition) is 3. The van der Waals surface area contributed by atoms with Crippen LogP contribution in [-0.4, -0.2) is 12.7 Å². The van der Waals surface area contributed by atoms with E-state index in [1.807, 2.05) is 0 Å². The molecule has 2 heterocycles. The van der Waals surface area contributed by atoms with Gasteiger partial charge in [-0.3, -0.25) is 0 Å². The predicted molar refractivity (Wildman–Crippen MR) is 79.5 cm³/mol. The van der Waals surface area contributed by atoms with E-state index in [-0.39, 0.29) is 6.04 Å². The fourth-order valence-corrected chi connectivity index (χ4v) is 4.25. The molecule has 0 bridgehead atoms. The Morgan fingerprint density at radius 2 is 2.35 bits per heavy atom. The van der Waals surface area contributed by atoms with Gasteiger partial charge in [-0.15, -0.1) is 11.3 Å². The van der Waals surface area contributed by atoms with Gasteiger partial charge < -0.3 is 10.5 Å². The first-order valence-corrected chi connectivity index (χ1v) is 8.39. The third-order valence-corrected chi connectivity index (χ3v) is 6.48. The summed E-state index contributed by atoms with van der Waals surface area (Å²) < 4.78 is 7.84. The highest BCUT2D eigenvalue weighted by molar-refractivity contribution is 9.13. The number of thiophene rings is 1. The van der Waals surface area contributed by atoms with E-state index in [0.29, 0.717) is 6.10 Å². The molecule has 1 aliphatic rings. The third kappa shape index (κ3) is 4.03. The Bertz CT molecular complexity index is 344. The van der Waals surface area contributed by atoms with E-state index in [0.717, 1.165) is 34.1 Å². The zero-order chi connectivity index (χ0) is 12.3. The Morgan fingerprint density at radius 1 is 1.53 bits per heavy atom. The first kappa shape index (κ1) is 14.0. The summed E-state index contributed by atoms with van der Waals surface area (Å²) in [7, 11) is 0. The molecule has 2 unspecified atom stereocenters. The molecule has 0 aromatic carbocycles. The molecule has 2 nitrogen and oxygen atoms in total. The summed E-state index contributed by atoms with van der Waals surface area (Å²) in [5, 5.41) is 0. The second-order valence-corrected chi connectivity index (χ2v) is 7.70. The lowest BCUT2D eigenvalue weighted by Gasteiger charge is -2.12. The molecule has 2 atom stereocenters. The summed E-state index contributed by atoms with van der Waals surface area (Å²) in [4.78, 5) is 1.25. The van der Waals surface area contributed by atoms with E-state index in [4.69, 9.17) is 10.5 Å². The number of hydrogen-bond donors (Lipinski definition) is 1. The first-order chi connectivity index (χ1) is 8.16. The highest BCUT2D eigenvalue weighted by Gasteiger charge is 2.16. The Labute approximate surface area is 123 Å². The summed E-state index contributed by atoms with van der Waals surface area (Å²) in [5.41, 5.74) is 6.19. The van der Waals surface area contributed by atoms with Gasteiger partial charge in [-0.05, 0) is 70.0 Å². The van der Waals surface area contributed by atoms with Crippen LogP contribution in [0.1, 0.15) is 43.0 Å². The minimum Gasteiger partial charge on any atom is -0.378 e. The number of rotatable bonds is 5. The predicted octanol–water partition coefficient (Wildman–Crippen LogP) is 4.62. The van der Waals surface area contributed by atoms with Crippen molar-refractivity contribution >= 4 is 43.2 Å². The molecule has 1 fully saturated rings. The van der Waals surface area contributed by atoms with Crippen molar-refractivity contribution in [2.45, 2.75) is 44.2 Å². The van der Waals surface area contributed by atoms with Gasteiger partial charge in [-0.1, -0.05) is 0 Å². The first-order valence-electron chi connectivity index (χ1n) is 5.98. The lowest BCUT2D eigenvalue weighted by atomic mass is 10.0. The molecule has 2 N–H and O–H groups in total. The van der Waals surface area contributed by atoms with Crippen LogP contribution in [-0.2, 0) is 4.74 Å². The zero-order valence-corrected chi connectivity index (χ0v) is 13.6. The normalized spacial score (nSPS) is 21.9. The van der Waals surface area contributed by atoms with Crippen molar-refractivity contribution in [1.82, 2.24) is 0 Å². The maximum Gasteiger partial charge on any atom is 0.0843 e. The minimum absolute atomic E-state index is 0.156. The molecule has 5 heteroatoms. The average molecular weight is 383 g/mol. The van der Waals surface area contributed by atoms with Gasteiger partial charge in [0.1, 0.15) is 0 Å². The maximum absolute atomic E-state index is 6.19. The third-order valence-electron chi connectivity index (χ3n) is 3.09. The van der Waals surface area contributed by atoms with E-state index in [9.17, 15) is 0 Å². The van der Waals surface area contributed by atoms with Crippen LogP contribution in [0.25, 0.3) is 0 Å². The summed E-state index contributed by atoms with van der Waals surface area (Å²) in [6, 6.07) is 2.27. The van der Waals surface area contributed by atoms with Crippen molar-refractivity contribution in [1.29, 1.82) is 0 Å². The molecule has 17 heavy (non-hydrogen) atoms. The standard InChI is InChI=1S/C12H17Br2NOS/c13-9-7-11(17-12(9)14)10(15)5-1-3-8-4-2-6-16-8/h7-8,10H,1-6,15H2. The molecule has 0 spiro atoms. The molecule has 1 saturated heterocycles. The van der Waals surface area contributed by atoms with Crippen molar-refractivity contribution in [2.24, 2.45) is 5.73 Å². The van der Waals surface area contributed by atoms with Crippen LogP contribution in [0.3, 0.4) is 0 Å². The van der Waals surface area contributed by atoms with Crippen LogP contribution < -0.4 is 5.73 Å². The lowest BCUT2D eigenvalue weighted by Crippen LogP contribution is -2.10. The highest BCUT2D eigenvalue weighted by atomic mass is 79.9. The van der Waals surface area contributed by atoms with Gasteiger partial charge in [0.15, 0.2) is 0 Å². The van der Waals surface area contributed by atoms with E-state index in [2.05, 4.69) is 37.9 Å². The summed E-state index contributed by atoms with van der Waals surface area (Å²) >= 11 is 8.72. The molecule has 2 rings (SSSR count). The van der Waals surface area contributed by atoms with Crippen molar-refractivity contribution < 1.29 is 4.74 Å². The summed E-state index contributed by atoms with van der Waals surface area (Å²) in [6.45, 7) is 0.946. The van der Waals surface area contributed by atoms with Gasteiger partial charge in [0, 0.05) is 22.0 Å². The smallest absolute Gasteiger partial charge is 0.0843 e. The molecule has 0 radical (unpaired) electrons. The zero-order valence-electron chi connectivity index (χ0n) is 9.62. The molecule has 1 aromatic rings. The van der Waals surface area contributed by atoms with Crippen LogP contribution in [0.5, 0.6) is 0 Å². The van der Waals surface area contributed by atoms with Crippen molar-refractivity contribution in [3.63, 3.8) is 0 Å². The summed E-state index contributed by atoms with van der Waals surface area (Å²) in [6.07, 6.45) is 6.29. The highest BCUT2D eigenvalue weighted by Crippen LogP contribution is 2.36. The number of halogens is 2. The Balaban J connectivity index is 1.74. The van der Waals surface area contributed by atoms with Gasteiger partial charge in [-0.2, -0.15) is 0 Å². The number of nitrogens with two attached hydrogens (primary N) is 1. The molecule has 0 amide bonds. The lowest BCUT2D eigenvalue weighted by molar-refractivity contribution is 0.101. The van der Waals surface area contributed by atoms with Crippen LogP contribution in [0.4, 0.5) is 0 Å². The molecule has 1 aromatic heterocycles. The Hall–Kier alpha value is 0.580. The summed E-state index contributed by atoms with van der Waals surface area (Å²) in [5.74, 6) is 0. The fraction of sp³-hybridized carbons (Fsp3) is 0.667. The molecule has 0 aliphatic carbocycles. The number of ether oxygens (including phenoxy) is 1. The second-order valence-electron chi connectivity index (χ2n) is 4.44. The quantitative estimate of drug-likeness (QED) is 0.806. The van der Waals surface area contributed by atoms with E-state index < -0.39 is 0 Å². The van der Waals surface area contributed by atoms with Crippen LogP contribution in [0, 0.1) is 0 Å². The van der Waals surface area contributed by atoms with E-state index in [1.165, 1.54) is 17.7 Å². The van der Waals surface area contributed by atoms with Gasteiger partial charge in [-0.25, -0.2) is 0 Å². The van der Waals surface area contributed by atoms with Gasteiger partial charge in [0.05, 0.1) is 9.89 Å². The Kier molecular flexibility index (Phi) is 5.49. The SMILES string of the molecule is NC(CCCC1CCCO1)c1cc(Br)c(Br)s1. The molecule has 0 saturated carbocycles. The van der Waals surface area contributed by atoms with E-state index >= 15 is 0 Å². The van der Waals surface area contributed by atoms with Crippen molar-refractivity contribution in [3.8, 4) is 0 Å². The topological polar surface area (TPSA) is 35.2 Å². The van der Waals surface area contributed by atoms with Crippen LogP contribution in [0.2, 0.25) is 0 Å².